The van der Waals surface area contributed by atoms with E-state index in [2.05, 4.69) is 10.3 Å². The average molecular weight is 446 g/mol. The van der Waals surface area contributed by atoms with Gasteiger partial charge in [0.05, 0.1) is 30.2 Å². The third-order valence-electron chi connectivity index (χ3n) is 5.42. The molecule has 2 aromatic carbocycles. The second-order valence-corrected chi connectivity index (χ2v) is 7.79. The summed E-state index contributed by atoms with van der Waals surface area (Å²) < 4.78 is 27.2. The van der Waals surface area contributed by atoms with Crippen LogP contribution in [0.15, 0.2) is 60.8 Å². The molecule has 1 N–H and O–H groups in total. The van der Waals surface area contributed by atoms with Gasteiger partial charge in [0, 0.05) is 18.0 Å². The molecule has 0 aliphatic carbocycles. The zero-order chi connectivity index (χ0) is 23.4. The van der Waals surface area contributed by atoms with Crippen molar-refractivity contribution < 1.29 is 18.4 Å². The maximum atomic E-state index is 13.6. The molecule has 1 aliphatic heterocycles. The first-order valence-corrected chi connectivity index (χ1v) is 10.3. The lowest BCUT2D eigenvalue weighted by atomic mass is 10.0. The number of carbonyl (C=O) groups is 2. The number of carbonyl (C=O) groups excluding carboxylic acids is 2. The van der Waals surface area contributed by atoms with E-state index in [0.717, 1.165) is 16.0 Å². The van der Waals surface area contributed by atoms with E-state index in [4.69, 9.17) is 5.26 Å². The first kappa shape index (κ1) is 22.1. The summed E-state index contributed by atoms with van der Waals surface area (Å²) in [7, 11) is 0. The molecule has 166 valence electrons. The molecule has 1 saturated heterocycles. The number of alkyl halides is 2. The third kappa shape index (κ3) is 5.04. The van der Waals surface area contributed by atoms with Crippen molar-refractivity contribution in [1.82, 2.24) is 15.2 Å². The Morgan fingerprint density at radius 2 is 1.91 bits per heavy atom. The molecule has 4 rings (SSSR count). The maximum Gasteiger partial charge on any atom is 0.268 e. The van der Waals surface area contributed by atoms with E-state index < -0.39 is 43.3 Å². The SMILES string of the molecule is N#CC1CC(F)(F)CN1C(=O)CNC(=O)c1ccnc2ccc(C=Cc3ccccc3)cc12. The monoisotopic (exact) mass is 446 g/mol. The molecule has 2 heterocycles. The minimum atomic E-state index is -3.11. The van der Waals surface area contributed by atoms with Crippen molar-refractivity contribution in [3.8, 4) is 6.07 Å². The number of pyridine rings is 1. The number of amides is 2. The number of fused-ring (bicyclic) bond motifs is 1. The summed E-state index contributed by atoms with van der Waals surface area (Å²) in [4.78, 5) is 30.3. The highest BCUT2D eigenvalue weighted by molar-refractivity contribution is 6.07. The van der Waals surface area contributed by atoms with Crippen LogP contribution in [0.3, 0.4) is 0 Å². The predicted octanol–water partition coefficient (Wildman–Crippen LogP) is 3.89. The van der Waals surface area contributed by atoms with Crippen LogP contribution in [-0.4, -0.2) is 46.8 Å². The molecule has 1 atom stereocenters. The number of benzene rings is 2. The molecule has 0 radical (unpaired) electrons. The van der Waals surface area contributed by atoms with E-state index in [1.54, 1.807) is 12.1 Å². The van der Waals surface area contributed by atoms with Gasteiger partial charge in [-0.15, -0.1) is 0 Å². The highest BCUT2D eigenvalue weighted by Crippen LogP contribution is 2.31. The fourth-order valence-corrected chi connectivity index (χ4v) is 3.77. The number of nitrogens with one attached hydrogen (secondary N) is 1. The second kappa shape index (κ2) is 9.17. The molecular weight excluding hydrogens is 426 g/mol. The average Bonchev–Trinajstić information content (AvgIpc) is 3.15. The minimum Gasteiger partial charge on any atom is -0.343 e. The molecule has 1 aliphatic rings. The first-order chi connectivity index (χ1) is 15.9. The molecule has 8 heteroatoms. The van der Waals surface area contributed by atoms with Gasteiger partial charge in [0.2, 0.25) is 5.91 Å². The van der Waals surface area contributed by atoms with Crippen molar-refractivity contribution in [2.45, 2.75) is 18.4 Å². The Labute approximate surface area is 189 Å². The van der Waals surface area contributed by atoms with Crippen molar-refractivity contribution in [2.24, 2.45) is 0 Å². The number of hydrogen-bond acceptors (Lipinski definition) is 4. The summed E-state index contributed by atoms with van der Waals surface area (Å²) in [6.45, 7) is -1.31. The molecule has 0 spiro atoms. The van der Waals surface area contributed by atoms with Crippen LogP contribution in [0, 0.1) is 11.3 Å². The lowest BCUT2D eigenvalue weighted by molar-refractivity contribution is -0.131. The molecular formula is C25H20F2N4O2. The van der Waals surface area contributed by atoms with Crippen LogP contribution in [0.5, 0.6) is 0 Å². The van der Waals surface area contributed by atoms with Crippen LogP contribution >= 0.6 is 0 Å². The van der Waals surface area contributed by atoms with E-state index in [1.165, 1.54) is 12.3 Å². The van der Waals surface area contributed by atoms with Gasteiger partial charge in [-0.1, -0.05) is 48.6 Å². The quantitative estimate of drug-likeness (QED) is 0.603. The van der Waals surface area contributed by atoms with Gasteiger partial charge in [-0.05, 0) is 29.3 Å². The molecule has 1 aromatic heterocycles. The van der Waals surface area contributed by atoms with Gasteiger partial charge in [-0.3, -0.25) is 14.6 Å². The molecule has 0 bridgehead atoms. The second-order valence-electron chi connectivity index (χ2n) is 7.79. The third-order valence-corrected chi connectivity index (χ3v) is 5.42. The van der Waals surface area contributed by atoms with Crippen LogP contribution < -0.4 is 5.32 Å². The summed E-state index contributed by atoms with van der Waals surface area (Å²) in [6, 6.07) is 17.3. The molecule has 1 unspecified atom stereocenters. The number of nitriles is 1. The van der Waals surface area contributed by atoms with E-state index >= 15 is 0 Å². The van der Waals surface area contributed by atoms with Crippen LogP contribution in [-0.2, 0) is 4.79 Å². The fourth-order valence-electron chi connectivity index (χ4n) is 3.77. The van der Waals surface area contributed by atoms with Gasteiger partial charge in [0.1, 0.15) is 6.04 Å². The van der Waals surface area contributed by atoms with Crippen molar-refractivity contribution in [1.29, 1.82) is 5.26 Å². The van der Waals surface area contributed by atoms with E-state index in [9.17, 15) is 18.4 Å². The molecule has 3 aromatic rings. The Balaban J connectivity index is 1.50. The lowest BCUT2D eigenvalue weighted by Crippen LogP contribution is -2.43. The number of nitrogens with zero attached hydrogens (tertiary/aromatic N) is 3. The number of hydrogen-bond donors (Lipinski definition) is 1. The molecule has 1 fully saturated rings. The smallest absolute Gasteiger partial charge is 0.268 e. The van der Waals surface area contributed by atoms with Gasteiger partial charge < -0.3 is 10.2 Å². The Morgan fingerprint density at radius 3 is 2.67 bits per heavy atom. The highest BCUT2D eigenvalue weighted by atomic mass is 19.3. The van der Waals surface area contributed by atoms with Crippen molar-refractivity contribution >= 4 is 34.9 Å². The summed E-state index contributed by atoms with van der Waals surface area (Å²) in [6.07, 6.45) is 4.67. The number of likely N-dealkylation sites (tertiary alicyclic amines) is 1. The van der Waals surface area contributed by atoms with Crippen LogP contribution in [0.1, 0.15) is 27.9 Å². The zero-order valence-corrected chi connectivity index (χ0v) is 17.5. The Bertz CT molecular complexity index is 1270. The highest BCUT2D eigenvalue weighted by Gasteiger charge is 2.47. The number of halogens is 2. The first-order valence-electron chi connectivity index (χ1n) is 10.3. The van der Waals surface area contributed by atoms with Gasteiger partial charge in [-0.25, -0.2) is 8.78 Å². The van der Waals surface area contributed by atoms with Crippen LogP contribution in [0.2, 0.25) is 0 Å². The number of aromatic nitrogens is 1. The van der Waals surface area contributed by atoms with Crippen LogP contribution in [0.25, 0.3) is 23.1 Å². The van der Waals surface area contributed by atoms with Crippen molar-refractivity contribution in [2.75, 3.05) is 13.1 Å². The molecule has 2 amide bonds. The summed E-state index contributed by atoms with van der Waals surface area (Å²) >= 11 is 0. The summed E-state index contributed by atoms with van der Waals surface area (Å²) in [5.41, 5.74) is 2.81. The fraction of sp³-hybridized carbons (Fsp3) is 0.200. The van der Waals surface area contributed by atoms with Gasteiger partial charge in [0.25, 0.3) is 11.8 Å². The van der Waals surface area contributed by atoms with Gasteiger partial charge >= 0.3 is 0 Å². The van der Waals surface area contributed by atoms with Gasteiger partial charge in [-0.2, -0.15) is 5.26 Å². The predicted molar refractivity (Wildman–Crippen MR) is 120 cm³/mol. The molecule has 33 heavy (non-hydrogen) atoms. The number of rotatable bonds is 5. The maximum absolute atomic E-state index is 13.6. The van der Waals surface area contributed by atoms with E-state index in [1.807, 2.05) is 54.6 Å². The minimum absolute atomic E-state index is 0.311. The van der Waals surface area contributed by atoms with Crippen molar-refractivity contribution in [3.05, 3.63) is 77.5 Å². The summed E-state index contributed by atoms with van der Waals surface area (Å²) in [5.74, 6) is -4.36. The normalized spacial score (nSPS) is 17.2. The Morgan fingerprint density at radius 1 is 1.15 bits per heavy atom. The lowest BCUT2D eigenvalue weighted by Gasteiger charge is -2.19. The zero-order valence-electron chi connectivity index (χ0n) is 17.5. The molecule has 6 nitrogen and oxygen atoms in total. The topological polar surface area (TPSA) is 86.1 Å². The van der Waals surface area contributed by atoms with Gasteiger partial charge in [0.15, 0.2) is 0 Å². The summed E-state index contributed by atoms with van der Waals surface area (Å²) in [5, 5.41) is 12.1. The Hall–Kier alpha value is -4.12. The van der Waals surface area contributed by atoms with E-state index in [-0.39, 0.29) is 0 Å². The molecule has 0 saturated carbocycles. The van der Waals surface area contributed by atoms with E-state index in [0.29, 0.717) is 16.5 Å². The standard InChI is InChI=1S/C25H20F2N4O2/c26-25(27)13-19(14-28)31(16-25)23(32)15-30-24(33)20-10-11-29-22-9-8-18(12-21(20)22)7-6-17-4-2-1-3-5-17/h1-12,19H,13,15-16H2,(H,30,33). The van der Waals surface area contributed by atoms with Crippen molar-refractivity contribution in [3.63, 3.8) is 0 Å². The Kier molecular flexibility index (Phi) is 6.13. The van der Waals surface area contributed by atoms with Crippen LogP contribution in [0.4, 0.5) is 8.78 Å². The largest absolute Gasteiger partial charge is 0.343 e.